The molecule has 4 aromatic rings. The third-order valence-corrected chi connectivity index (χ3v) is 8.58. The number of benzene rings is 3. The number of rotatable bonds is 7. The summed E-state index contributed by atoms with van der Waals surface area (Å²) in [6.07, 6.45) is 6.19. The molecule has 5 nitrogen and oxygen atoms in total. The molecule has 2 aliphatic rings. The molecule has 0 N–H and O–H groups in total. The van der Waals surface area contributed by atoms with Crippen LogP contribution < -0.4 is 0 Å². The summed E-state index contributed by atoms with van der Waals surface area (Å²) >= 11 is 6.08. The molecule has 0 bridgehead atoms. The maximum Gasteiger partial charge on any atom is 0.254 e. The molecule has 2 fully saturated rings. The summed E-state index contributed by atoms with van der Waals surface area (Å²) < 4.78 is 0. The molecule has 0 aliphatic carbocycles. The first-order valence-corrected chi connectivity index (χ1v) is 14.7. The van der Waals surface area contributed by atoms with Crippen LogP contribution in [0.15, 0.2) is 72.8 Å². The number of halogens is 1. The monoisotopic (exact) mass is 548 g/mol. The van der Waals surface area contributed by atoms with E-state index in [1.807, 2.05) is 60.7 Å². The molecule has 2 aliphatic heterocycles. The number of hydrogen-bond acceptors (Lipinski definition) is 4. The molecule has 1 amide bonds. The minimum Gasteiger partial charge on any atom is -0.334 e. The van der Waals surface area contributed by atoms with Crippen molar-refractivity contribution >= 4 is 28.4 Å². The van der Waals surface area contributed by atoms with Gasteiger partial charge in [0.25, 0.3) is 5.91 Å². The lowest BCUT2D eigenvalue weighted by atomic mass is 9.98. The Kier molecular flexibility index (Phi) is 7.82. The van der Waals surface area contributed by atoms with Crippen LogP contribution >= 0.6 is 11.6 Å². The van der Waals surface area contributed by atoms with Gasteiger partial charge in [-0.25, -0.2) is 0 Å². The minimum atomic E-state index is 0.110. The van der Waals surface area contributed by atoms with Crippen molar-refractivity contribution in [1.82, 2.24) is 14.8 Å². The van der Waals surface area contributed by atoms with Crippen molar-refractivity contribution in [1.29, 1.82) is 5.26 Å². The Morgan fingerprint density at radius 1 is 0.900 bits per heavy atom. The fourth-order valence-electron chi connectivity index (χ4n) is 6.14. The number of likely N-dealkylation sites (tertiary alicyclic amines) is 2. The Bertz CT molecular complexity index is 1550. The Morgan fingerprint density at radius 2 is 1.65 bits per heavy atom. The van der Waals surface area contributed by atoms with Gasteiger partial charge >= 0.3 is 0 Å². The van der Waals surface area contributed by atoms with Crippen LogP contribution in [-0.4, -0.2) is 52.9 Å². The van der Waals surface area contributed by atoms with Crippen LogP contribution in [0.4, 0.5) is 0 Å². The van der Waals surface area contributed by atoms with Crippen molar-refractivity contribution in [2.75, 3.05) is 26.2 Å². The number of carbonyl (C=O) groups is 1. The van der Waals surface area contributed by atoms with Crippen LogP contribution in [0.25, 0.3) is 22.0 Å². The first-order chi connectivity index (χ1) is 19.6. The smallest absolute Gasteiger partial charge is 0.254 e. The maximum absolute atomic E-state index is 14.3. The first-order valence-electron chi connectivity index (χ1n) is 14.3. The molecule has 3 aromatic carbocycles. The minimum absolute atomic E-state index is 0.110. The number of nitriles is 1. The summed E-state index contributed by atoms with van der Waals surface area (Å²) in [5.74, 6) is 0.110. The number of carbonyl (C=O) groups excluding carboxylic acids is 1. The van der Waals surface area contributed by atoms with E-state index < -0.39 is 0 Å². The SMILES string of the molecule is N#Cc1ccc(-c2ccc3nc(CCc4ccc(Cl)cc4)cc(C(=O)N4CCC[C@H]4CN4CCCC4)c3c2)cc1. The van der Waals surface area contributed by atoms with E-state index in [0.29, 0.717) is 5.56 Å². The van der Waals surface area contributed by atoms with Crippen molar-refractivity contribution < 1.29 is 4.79 Å². The molecule has 6 rings (SSSR count). The molecule has 202 valence electrons. The van der Waals surface area contributed by atoms with Crippen LogP contribution in [0, 0.1) is 11.3 Å². The highest BCUT2D eigenvalue weighted by molar-refractivity contribution is 6.30. The van der Waals surface area contributed by atoms with E-state index in [1.165, 1.54) is 18.4 Å². The van der Waals surface area contributed by atoms with Gasteiger partial charge in [-0.05, 0) is 111 Å². The zero-order valence-electron chi connectivity index (χ0n) is 22.7. The number of pyridine rings is 1. The summed E-state index contributed by atoms with van der Waals surface area (Å²) in [5, 5.41) is 10.8. The van der Waals surface area contributed by atoms with Gasteiger partial charge in [0.05, 0.1) is 22.7 Å². The fourth-order valence-corrected chi connectivity index (χ4v) is 6.26. The molecule has 40 heavy (non-hydrogen) atoms. The Labute approximate surface area is 241 Å². The lowest BCUT2D eigenvalue weighted by Crippen LogP contribution is -2.42. The summed E-state index contributed by atoms with van der Waals surface area (Å²) in [4.78, 5) is 23.9. The van der Waals surface area contributed by atoms with Crippen LogP contribution in [0.3, 0.4) is 0 Å². The van der Waals surface area contributed by atoms with E-state index in [4.69, 9.17) is 16.6 Å². The topological polar surface area (TPSA) is 60.2 Å². The number of fused-ring (bicyclic) bond motifs is 1. The van der Waals surface area contributed by atoms with E-state index in [9.17, 15) is 10.1 Å². The second-order valence-corrected chi connectivity index (χ2v) is 11.4. The number of hydrogen-bond donors (Lipinski definition) is 0. The Morgan fingerprint density at radius 3 is 2.40 bits per heavy atom. The lowest BCUT2D eigenvalue weighted by Gasteiger charge is -2.29. The van der Waals surface area contributed by atoms with Crippen LogP contribution in [-0.2, 0) is 12.8 Å². The summed E-state index contributed by atoms with van der Waals surface area (Å²) in [5.41, 5.74) is 6.35. The molecule has 0 unspecified atom stereocenters. The zero-order valence-corrected chi connectivity index (χ0v) is 23.4. The maximum atomic E-state index is 14.3. The third kappa shape index (κ3) is 5.75. The molecule has 0 saturated carbocycles. The van der Waals surface area contributed by atoms with Crippen molar-refractivity contribution in [3.05, 3.63) is 100 Å². The highest BCUT2D eigenvalue weighted by atomic mass is 35.5. The number of amides is 1. The second-order valence-electron chi connectivity index (χ2n) is 11.0. The van der Waals surface area contributed by atoms with Gasteiger partial charge in [-0.15, -0.1) is 0 Å². The van der Waals surface area contributed by atoms with Crippen molar-refractivity contribution in [2.45, 2.75) is 44.6 Å². The number of aryl methyl sites for hydroxylation is 2. The summed E-state index contributed by atoms with van der Waals surface area (Å²) in [6.45, 7) is 4.05. The van der Waals surface area contributed by atoms with Crippen molar-refractivity contribution in [3.8, 4) is 17.2 Å². The molecule has 6 heteroatoms. The highest BCUT2D eigenvalue weighted by Crippen LogP contribution is 2.30. The molecule has 2 saturated heterocycles. The third-order valence-electron chi connectivity index (χ3n) is 8.33. The van der Waals surface area contributed by atoms with Gasteiger partial charge in [0.15, 0.2) is 0 Å². The molecule has 1 atom stereocenters. The average molecular weight is 549 g/mol. The van der Waals surface area contributed by atoms with Gasteiger partial charge in [-0.3, -0.25) is 9.78 Å². The number of aromatic nitrogens is 1. The van der Waals surface area contributed by atoms with Gasteiger partial charge in [-0.1, -0.05) is 41.9 Å². The van der Waals surface area contributed by atoms with Crippen LogP contribution in [0.5, 0.6) is 0 Å². The van der Waals surface area contributed by atoms with Gasteiger partial charge in [0.1, 0.15) is 0 Å². The summed E-state index contributed by atoms with van der Waals surface area (Å²) in [6, 6.07) is 26.1. The van der Waals surface area contributed by atoms with E-state index in [2.05, 4.69) is 28.0 Å². The highest BCUT2D eigenvalue weighted by Gasteiger charge is 2.32. The number of nitrogens with zero attached hydrogens (tertiary/aromatic N) is 4. The van der Waals surface area contributed by atoms with Gasteiger partial charge in [0, 0.05) is 35.2 Å². The fraction of sp³-hybridized carbons (Fsp3) is 0.324. The molecular formula is C34H33ClN4O. The van der Waals surface area contributed by atoms with Crippen LogP contribution in [0.1, 0.15) is 52.9 Å². The quantitative estimate of drug-likeness (QED) is 0.252. The van der Waals surface area contributed by atoms with E-state index in [1.54, 1.807) is 0 Å². The van der Waals surface area contributed by atoms with E-state index in [0.717, 1.165) is 90.2 Å². The Balaban J connectivity index is 1.36. The molecular weight excluding hydrogens is 516 g/mol. The van der Waals surface area contributed by atoms with Gasteiger partial charge in [0.2, 0.25) is 0 Å². The van der Waals surface area contributed by atoms with Gasteiger partial charge < -0.3 is 9.80 Å². The normalized spacial score (nSPS) is 17.4. The van der Waals surface area contributed by atoms with Crippen molar-refractivity contribution in [3.63, 3.8) is 0 Å². The molecule has 0 spiro atoms. The predicted molar refractivity (Wildman–Crippen MR) is 160 cm³/mol. The lowest BCUT2D eigenvalue weighted by molar-refractivity contribution is 0.0710. The zero-order chi connectivity index (χ0) is 27.5. The van der Waals surface area contributed by atoms with Gasteiger partial charge in [-0.2, -0.15) is 5.26 Å². The van der Waals surface area contributed by atoms with E-state index in [-0.39, 0.29) is 11.9 Å². The van der Waals surface area contributed by atoms with Crippen molar-refractivity contribution in [2.24, 2.45) is 0 Å². The first kappa shape index (κ1) is 26.5. The largest absolute Gasteiger partial charge is 0.334 e. The van der Waals surface area contributed by atoms with Crippen LogP contribution in [0.2, 0.25) is 5.02 Å². The average Bonchev–Trinajstić information content (AvgIpc) is 3.68. The standard InChI is InChI=1S/C34H33ClN4O/c35-28-13-7-24(8-14-28)9-15-29-21-32(34(40)39-19-3-4-30(39)23-38-17-1-2-18-38)31-20-27(12-16-33(31)37-29)26-10-5-25(22-36)6-11-26/h5-8,10-14,16,20-21,30H,1-4,9,15,17-19,23H2/t30-/m0/s1. The Hall–Kier alpha value is -3.72. The molecule has 0 radical (unpaired) electrons. The van der Waals surface area contributed by atoms with E-state index >= 15 is 0 Å². The second kappa shape index (κ2) is 11.8. The summed E-state index contributed by atoms with van der Waals surface area (Å²) in [7, 11) is 0. The molecule has 1 aromatic heterocycles. The molecule has 3 heterocycles. The predicted octanol–water partition coefficient (Wildman–Crippen LogP) is 6.91.